The van der Waals surface area contributed by atoms with Gasteiger partial charge in [0.2, 0.25) is 0 Å². The van der Waals surface area contributed by atoms with E-state index in [4.69, 9.17) is 4.98 Å². The fraction of sp³-hybridized carbons (Fsp3) is 0.125. The maximum Gasteiger partial charge on any atom is 0.161 e. The first-order chi connectivity index (χ1) is 16.5. The number of hydrogen-bond donors (Lipinski definition) is 2. The van der Waals surface area contributed by atoms with Gasteiger partial charge in [-0.25, -0.2) is 14.4 Å². The van der Waals surface area contributed by atoms with Crippen molar-refractivity contribution in [2.45, 2.75) is 6.92 Å². The average Bonchev–Trinajstić information content (AvgIpc) is 3.56. The Morgan fingerprint density at radius 2 is 1.91 bits per heavy atom. The summed E-state index contributed by atoms with van der Waals surface area (Å²) in [6.07, 6.45) is 8.58. The molecular weight excluding hydrogens is 433 g/mol. The third-order valence-corrected chi connectivity index (χ3v) is 5.76. The van der Waals surface area contributed by atoms with E-state index in [1.54, 1.807) is 24.9 Å². The lowest BCUT2D eigenvalue weighted by Crippen LogP contribution is -2.09. The number of anilines is 1. The molecule has 5 heterocycles. The van der Waals surface area contributed by atoms with Crippen LogP contribution in [0.2, 0.25) is 0 Å². The maximum atomic E-state index is 15.9. The lowest BCUT2D eigenvalue weighted by molar-refractivity contribution is 0.638. The first-order valence-electron chi connectivity index (χ1n) is 10.6. The number of halogens is 1. The Balaban J connectivity index is 1.52. The Labute approximate surface area is 193 Å². The molecule has 0 unspecified atom stereocenters. The minimum Gasteiger partial charge on any atom is -0.376 e. The number of nitrogens with one attached hydrogen (secondary N) is 2. The van der Waals surface area contributed by atoms with Gasteiger partial charge < -0.3 is 14.5 Å². The van der Waals surface area contributed by atoms with E-state index in [1.165, 1.54) is 0 Å². The van der Waals surface area contributed by atoms with E-state index in [1.807, 2.05) is 60.9 Å². The molecule has 6 rings (SSSR count). The molecule has 34 heavy (non-hydrogen) atoms. The van der Waals surface area contributed by atoms with Crippen molar-refractivity contribution in [1.29, 1.82) is 0 Å². The number of imidazole rings is 2. The van der Waals surface area contributed by atoms with Crippen molar-refractivity contribution in [3.63, 3.8) is 0 Å². The van der Waals surface area contributed by atoms with Crippen LogP contribution >= 0.6 is 0 Å². The predicted octanol–water partition coefficient (Wildman–Crippen LogP) is 4.26. The Hall–Kier alpha value is -4.60. The number of benzene rings is 1. The summed E-state index contributed by atoms with van der Waals surface area (Å²) in [7, 11) is 3.81. The molecule has 0 saturated heterocycles. The molecule has 0 spiro atoms. The second-order valence-electron chi connectivity index (χ2n) is 8.29. The van der Waals surface area contributed by atoms with Crippen molar-refractivity contribution in [2.75, 3.05) is 19.0 Å². The number of H-pyrrole nitrogens is 2. The number of rotatable bonds is 4. The van der Waals surface area contributed by atoms with E-state index in [-0.39, 0.29) is 5.69 Å². The van der Waals surface area contributed by atoms with Crippen molar-refractivity contribution in [3.8, 4) is 28.5 Å². The van der Waals surface area contributed by atoms with E-state index in [9.17, 15) is 0 Å². The molecule has 0 aliphatic heterocycles. The van der Waals surface area contributed by atoms with Gasteiger partial charge in [0.1, 0.15) is 16.9 Å². The van der Waals surface area contributed by atoms with Crippen LogP contribution in [0.25, 0.3) is 50.4 Å². The zero-order chi connectivity index (χ0) is 23.4. The summed E-state index contributed by atoms with van der Waals surface area (Å²) >= 11 is 0. The number of aromatic amines is 2. The number of nitrogens with zero attached hydrogens (tertiary/aromatic N) is 7. The Kier molecular flexibility index (Phi) is 4.41. The fourth-order valence-electron chi connectivity index (χ4n) is 4.04. The highest BCUT2D eigenvalue weighted by molar-refractivity contribution is 5.96. The number of pyridine rings is 2. The lowest BCUT2D eigenvalue weighted by Gasteiger charge is -2.13. The van der Waals surface area contributed by atoms with Crippen LogP contribution in [-0.4, -0.2) is 53.8 Å². The third kappa shape index (κ3) is 3.11. The number of para-hydroxylation sites is 1. The molecule has 0 aliphatic carbocycles. The van der Waals surface area contributed by atoms with E-state index in [0.29, 0.717) is 28.0 Å². The van der Waals surface area contributed by atoms with Crippen molar-refractivity contribution in [1.82, 2.24) is 39.7 Å². The summed E-state index contributed by atoms with van der Waals surface area (Å²) in [5, 5.41) is 7.56. The highest BCUT2D eigenvalue weighted by Gasteiger charge is 2.21. The van der Waals surface area contributed by atoms with Gasteiger partial charge in [-0.1, -0.05) is 6.07 Å². The summed E-state index contributed by atoms with van der Waals surface area (Å²) in [4.78, 5) is 22.9. The number of hydrogen-bond acceptors (Lipinski definition) is 6. The molecule has 6 aromatic rings. The fourth-order valence-corrected chi connectivity index (χ4v) is 4.04. The largest absolute Gasteiger partial charge is 0.376 e. The molecule has 0 amide bonds. The molecule has 168 valence electrons. The van der Waals surface area contributed by atoms with Crippen LogP contribution in [0.3, 0.4) is 0 Å². The number of fused-ring (bicyclic) bond motifs is 2. The molecule has 0 saturated carbocycles. The minimum atomic E-state index is -0.482. The number of aromatic nitrogens is 8. The van der Waals surface area contributed by atoms with E-state index in [2.05, 4.69) is 30.1 Å². The Morgan fingerprint density at radius 1 is 1.03 bits per heavy atom. The standard InChI is InChI=1S/C24H20FN9/c1-13-11-34(12-28-13)18-6-4-5-16-22(18)30-24(29-16)23-19-17(31-32-23)10-27-21(20(19)25)14-7-15(33(2)3)9-26-8-14/h4-12H,1-3H3,(H,29,30)(H,31,32). The summed E-state index contributed by atoms with van der Waals surface area (Å²) in [5.41, 5.74) is 5.84. The topological polar surface area (TPSA) is 104 Å². The molecule has 10 heteroatoms. The van der Waals surface area contributed by atoms with Crippen LogP contribution in [0.1, 0.15) is 5.69 Å². The predicted molar refractivity (Wildman–Crippen MR) is 128 cm³/mol. The molecule has 0 bridgehead atoms. The summed E-state index contributed by atoms with van der Waals surface area (Å²) in [6.45, 7) is 1.93. The van der Waals surface area contributed by atoms with Crippen molar-refractivity contribution < 1.29 is 4.39 Å². The second kappa shape index (κ2) is 7.48. The summed E-state index contributed by atoms with van der Waals surface area (Å²) in [5.74, 6) is -0.0216. The molecule has 2 N–H and O–H groups in total. The number of aryl methyl sites for hydroxylation is 1. The normalized spacial score (nSPS) is 11.5. The molecular formula is C24H20FN9. The van der Waals surface area contributed by atoms with Crippen LogP contribution in [0.15, 0.2) is 55.4 Å². The SMILES string of the molecule is Cc1cn(-c2cccc3[nH]c(-c4n[nH]c5cnc(-c6cncc(N(C)C)c6)c(F)c45)nc23)cn1. The quantitative estimate of drug-likeness (QED) is 0.413. The zero-order valence-corrected chi connectivity index (χ0v) is 18.7. The van der Waals surface area contributed by atoms with Crippen molar-refractivity contribution in [2.24, 2.45) is 0 Å². The lowest BCUT2D eigenvalue weighted by atomic mass is 10.1. The van der Waals surface area contributed by atoms with Crippen LogP contribution in [0.5, 0.6) is 0 Å². The van der Waals surface area contributed by atoms with Crippen LogP contribution in [0.4, 0.5) is 10.1 Å². The van der Waals surface area contributed by atoms with Crippen molar-refractivity contribution >= 4 is 27.6 Å². The monoisotopic (exact) mass is 453 g/mol. The Morgan fingerprint density at radius 3 is 2.71 bits per heavy atom. The van der Waals surface area contributed by atoms with Crippen LogP contribution in [-0.2, 0) is 0 Å². The van der Waals surface area contributed by atoms with Crippen molar-refractivity contribution in [3.05, 3.63) is 66.9 Å². The second-order valence-corrected chi connectivity index (χ2v) is 8.29. The van der Waals surface area contributed by atoms with Gasteiger partial charge in [-0.3, -0.25) is 15.1 Å². The van der Waals surface area contributed by atoms with E-state index < -0.39 is 5.82 Å². The highest BCUT2D eigenvalue weighted by Crippen LogP contribution is 2.33. The van der Waals surface area contributed by atoms with Gasteiger partial charge in [-0.05, 0) is 25.1 Å². The zero-order valence-electron chi connectivity index (χ0n) is 18.7. The van der Waals surface area contributed by atoms with E-state index >= 15 is 4.39 Å². The van der Waals surface area contributed by atoms with Gasteiger partial charge in [0.25, 0.3) is 0 Å². The highest BCUT2D eigenvalue weighted by atomic mass is 19.1. The maximum absolute atomic E-state index is 15.9. The molecule has 0 atom stereocenters. The molecule has 0 radical (unpaired) electrons. The Bertz CT molecular complexity index is 1680. The average molecular weight is 453 g/mol. The molecule has 9 nitrogen and oxygen atoms in total. The first-order valence-corrected chi connectivity index (χ1v) is 10.6. The molecule has 0 aliphatic rings. The molecule has 1 aromatic carbocycles. The minimum absolute atomic E-state index is 0.206. The van der Waals surface area contributed by atoms with Gasteiger partial charge in [-0.2, -0.15) is 5.10 Å². The van der Waals surface area contributed by atoms with Crippen LogP contribution < -0.4 is 4.90 Å². The first kappa shape index (κ1) is 20.0. The molecule has 5 aromatic heterocycles. The van der Waals surface area contributed by atoms with Gasteiger partial charge in [-0.15, -0.1) is 0 Å². The summed E-state index contributed by atoms with van der Waals surface area (Å²) in [6, 6.07) is 7.68. The van der Waals surface area contributed by atoms with Gasteiger partial charge >= 0.3 is 0 Å². The van der Waals surface area contributed by atoms with E-state index in [0.717, 1.165) is 28.1 Å². The smallest absolute Gasteiger partial charge is 0.161 e. The third-order valence-electron chi connectivity index (χ3n) is 5.76. The molecule has 0 fully saturated rings. The van der Waals surface area contributed by atoms with Crippen LogP contribution in [0, 0.1) is 12.7 Å². The van der Waals surface area contributed by atoms with Gasteiger partial charge in [0, 0.05) is 32.1 Å². The summed E-state index contributed by atoms with van der Waals surface area (Å²) < 4.78 is 17.8. The van der Waals surface area contributed by atoms with Gasteiger partial charge in [0.15, 0.2) is 11.6 Å². The van der Waals surface area contributed by atoms with Gasteiger partial charge in [0.05, 0.1) is 52.2 Å².